The lowest BCUT2D eigenvalue weighted by atomic mass is 9.80. The lowest BCUT2D eigenvalue weighted by Crippen LogP contribution is -2.43. The third-order valence-electron chi connectivity index (χ3n) is 6.60. The van der Waals surface area contributed by atoms with Crippen molar-refractivity contribution in [1.29, 1.82) is 0 Å². The first-order valence-electron chi connectivity index (χ1n) is 11.3. The number of rotatable bonds is 3. The van der Waals surface area contributed by atoms with E-state index in [-0.39, 0.29) is 37.1 Å². The Kier molecular flexibility index (Phi) is 5.78. The Morgan fingerprint density at radius 1 is 1.12 bits per heavy atom. The number of halogens is 3. The van der Waals surface area contributed by atoms with Gasteiger partial charge < -0.3 is 14.1 Å². The number of carbonyl (C=O) groups excluding carboxylic acids is 1. The van der Waals surface area contributed by atoms with Crippen molar-refractivity contribution in [1.82, 2.24) is 29.7 Å². The van der Waals surface area contributed by atoms with Crippen LogP contribution in [0.4, 0.5) is 13.2 Å². The molecule has 0 aromatic carbocycles. The molecule has 3 aromatic heterocycles. The molecule has 2 fully saturated rings. The second kappa shape index (κ2) is 8.64. The van der Waals surface area contributed by atoms with Crippen LogP contribution >= 0.6 is 0 Å². The molecule has 182 valence electrons. The standard InChI is InChI=1S/C22H25F3N6O3/c1-12-9-17(18-11-30(7-8-33-18)21(32)20-28-27-13(2)34-20)31-19(26-12)10-16(29-31)14-3-5-15(6-4-14)22(23,24)25/h9-10,14-15,18H,3-8,11H2,1-2H3/t14-,15-,18-/m1/s1. The third kappa shape index (κ3) is 4.38. The fourth-order valence-corrected chi connectivity index (χ4v) is 4.82. The summed E-state index contributed by atoms with van der Waals surface area (Å²) in [5, 5.41) is 12.2. The average molecular weight is 478 g/mol. The number of carbonyl (C=O) groups is 1. The van der Waals surface area contributed by atoms with Gasteiger partial charge in [0.05, 0.1) is 30.5 Å². The molecular formula is C22H25F3N6O3. The number of aromatic nitrogens is 5. The van der Waals surface area contributed by atoms with Gasteiger partial charge in [-0.25, -0.2) is 9.50 Å². The third-order valence-corrected chi connectivity index (χ3v) is 6.60. The van der Waals surface area contributed by atoms with E-state index >= 15 is 0 Å². The summed E-state index contributed by atoms with van der Waals surface area (Å²) in [5.74, 6) is -1.39. The summed E-state index contributed by atoms with van der Waals surface area (Å²) in [4.78, 5) is 18.9. The van der Waals surface area contributed by atoms with Crippen LogP contribution in [0.25, 0.3) is 5.65 Å². The molecule has 3 aromatic rings. The van der Waals surface area contributed by atoms with Gasteiger partial charge in [-0.3, -0.25) is 4.79 Å². The maximum absolute atomic E-state index is 13.1. The van der Waals surface area contributed by atoms with Gasteiger partial charge in [0.15, 0.2) is 5.65 Å². The van der Waals surface area contributed by atoms with Crippen molar-refractivity contribution in [3.8, 4) is 0 Å². The molecule has 0 unspecified atom stereocenters. The van der Waals surface area contributed by atoms with E-state index in [4.69, 9.17) is 14.3 Å². The Hall–Kier alpha value is -3.02. The Morgan fingerprint density at radius 2 is 1.88 bits per heavy atom. The second-order valence-corrected chi connectivity index (χ2v) is 8.99. The van der Waals surface area contributed by atoms with Crippen LogP contribution in [0.3, 0.4) is 0 Å². The molecule has 1 amide bonds. The predicted octanol–water partition coefficient (Wildman–Crippen LogP) is 3.78. The molecule has 9 nitrogen and oxygen atoms in total. The summed E-state index contributed by atoms with van der Waals surface area (Å²) in [6.07, 6.45) is -3.50. The topological polar surface area (TPSA) is 98.7 Å². The van der Waals surface area contributed by atoms with Crippen LogP contribution in [0.2, 0.25) is 0 Å². The minimum Gasteiger partial charge on any atom is -0.417 e. The zero-order valence-electron chi connectivity index (χ0n) is 18.9. The summed E-state index contributed by atoms with van der Waals surface area (Å²) < 4.78 is 52.1. The first-order valence-corrected chi connectivity index (χ1v) is 11.3. The first-order chi connectivity index (χ1) is 16.2. The van der Waals surface area contributed by atoms with Crippen LogP contribution in [0.1, 0.15) is 71.4 Å². The van der Waals surface area contributed by atoms with Crippen LogP contribution < -0.4 is 0 Å². The monoisotopic (exact) mass is 478 g/mol. The van der Waals surface area contributed by atoms with Crippen molar-refractivity contribution in [2.45, 2.75) is 57.7 Å². The summed E-state index contributed by atoms with van der Waals surface area (Å²) in [7, 11) is 0. The molecule has 2 aliphatic rings. The summed E-state index contributed by atoms with van der Waals surface area (Å²) in [6.45, 7) is 4.45. The fourth-order valence-electron chi connectivity index (χ4n) is 4.82. The van der Waals surface area contributed by atoms with E-state index in [0.29, 0.717) is 37.5 Å². The van der Waals surface area contributed by atoms with Gasteiger partial charge in [-0.2, -0.15) is 18.3 Å². The largest absolute Gasteiger partial charge is 0.417 e. The molecule has 1 saturated heterocycles. The molecule has 0 bridgehead atoms. The molecule has 1 saturated carbocycles. The zero-order chi connectivity index (χ0) is 24.0. The molecule has 0 spiro atoms. The van der Waals surface area contributed by atoms with E-state index in [9.17, 15) is 18.0 Å². The number of fused-ring (bicyclic) bond motifs is 1. The van der Waals surface area contributed by atoms with Crippen LogP contribution in [-0.2, 0) is 4.74 Å². The number of aryl methyl sites for hydroxylation is 2. The molecule has 5 rings (SSSR count). The van der Waals surface area contributed by atoms with Gasteiger partial charge in [-0.15, -0.1) is 10.2 Å². The molecule has 34 heavy (non-hydrogen) atoms. The highest BCUT2D eigenvalue weighted by Crippen LogP contribution is 2.42. The van der Waals surface area contributed by atoms with Crippen LogP contribution in [0, 0.1) is 19.8 Å². The summed E-state index contributed by atoms with van der Waals surface area (Å²) in [5.41, 5.74) is 2.85. The van der Waals surface area contributed by atoms with Gasteiger partial charge in [0.25, 0.3) is 0 Å². The SMILES string of the molecule is Cc1cc([C@H]2CN(C(=O)c3nnc(C)o3)CCO2)n2nc([C@H]3CC[C@H](C(F)(F)F)CC3)cc2n1. The van der Waals surface area contributed by atoms with E-state index in [1.54, 1.807) is 16.3 Å². The van der Waals surface area contributed by atoms with Crippen molar-refractivity contribution in [3.63, 3.8) is 0 Å². The fraction of sp³-hybridized carbons (Fsp3) is 0.591. The van der Waals surface area contributed by atoms with Gasteiger partial charge in [0.2, 0.25) is 5.89 Å². The Bertz CT molecular complexity index is 1200. The minimum absolute atomic E-state index is 0.0421. The van der Waals surface area contributed by atoms with Gasteiger partial charge >= 0.3 is 18.0 Å². The average Bonchev–Trinajstić information content (AvgIpc) is 3.44. The Labute approximate surface area is 193 Å². The van der Waals surface area contributed by atoms with Crippen molar-refractivity contribution in [2.24, 2.45) is 5.92 Å². The number of ether oxygens (including phenoxy) is 1. The molecule has 4 heterocycles. The molecule has 1 atom stereocenters. The molecular weight excluding hydrogens is 453 g/mol. The lowest BCUT2D eigenvalue weighted by Gasteiger charge is -2.32. The zero-order valence-corrected chi connectivity index (χ0v) is 18.9. The van der Waals surface area contributed by atoms with Crippen molar-refractivity contribution < 1.29 is 27.1 Å². The maximum Gasteiger partial charge on any atom is 0.391 e. The number of nitrogens with zero attached hydrogens (tertiary/aromatic N) is 6. The maximum atomic E-state index is 13.1. The van der Waals surface area contributed by atoms with Gasteiger partial charge in [0.1, 0.15) is 6.10 Å². The second-order valence-electron chi connectivity index (χ2n) is 8.99. The quantitative estimate of drug-likeness (QED) is 0.565. The van der Waals surface area contributed by atoms with Crippen molar-refractivity contribution >= 4 is 11.6 Å². The predicted molar refractivity (Wildman–Crippen MR) is 112 cm³/mol. The molecule has 1 aliphatic carbocycles. The van der Waals surface area contributed by atoms with Gasteiger partial charge in [-0.05, 0) is 38.7 Å². The highest BCUT2D eigenvalue weighted by atomic mass is 19.4. The number of morpholine rings is 1. The van der Waals surface area contributed by atoms with E-state index < -0.39 is 18.2 Å². The van der Waals surface area contributed by atoms with Crippen LogP contribution in [0.5, 0.6) is 0 Å². The highest BCUT2D eigenvalue weighted by Gasteiger charge is 2.42. The molecule has 12 heteroatoms. The van der Waals surface area contributed by atoms with Crippen LogP contribution in [-0.4, -0.2) is 61.5 Å². The van der Waals surface area contributed by atoms with E-state index in [0.717, 1.165) is 17.1 Å². The number of amides is 1. The van der Waals surface area contributed by atoms with Gasteiger partial charge in [-0.1, -0.05) is 0 Å². The Morgan fingerprint density at radius 3 is 2.56 bits per heavy atom. The minimum atomic E-state index is -4.14. The number of hydrogen-bond donors (Lipinski definition) is 0. The summed E-state index contributed by atoms with van der Waals surface area (Å²) >= 11 is 0. The molecule has 0 radical (unpaired) electrons. The van der Waals surface area contributed by atoms with Crippen LogP contribution in [0.15, 0.2) is 16.5 Å². The van der Waals surface area contributed by atoms with Gasteiger partial charge in [0, 0.05) is 31.1 Å². The smallest absolute Gasteiger partial charge is 0.391 e. The van der Waals surface area contributed by atoms with E-state index in [1.165, 1.54) is 0 Å². The van der Waals surface area contributed by atoms with E-state index in [1.807, 2.05) is 19.1 Å². The normalized spacial score (nSPS) is 24.0. The summed E-state index contributed by atoms with van der Waals surface area (Å²) in [6, 6.07) is 3.71. The number of alkyl halides is 3. The van der Waals surface area contributed by atoms with Crippen molar-refractivity contribution in [2.75, 3.05) is 19.7 Å². The number of hydrogen-bond acceptors (Lipinski definition) is 7. The highest BCUT2D eigenvalue weighted by molar-refractivity contribution is 5.89. The Balaban J connectivity index is 1.38. The van der Waals surface area contributed by atoms with Crippen molar-refractivity contribution in [3.05, 3.63) is 41.0 Å². The molecule has 0 N–H and O–H groups in total. The lowest BCUT2D eigenvalue weighted by molar-refractivity contribution is -0.182. The molecule has 1 aliphatic heterocycles. The first kappa shape index (κ1) is 22.8. The van der Waals surface area contributed by atoms with E-state index in [2.05, 4.69) is 15.2 Å².